The molecule has 0 fully saturated rings. The molecule has 1 aliphatic rings. The van der Waals surface area contributed by atoms with E-state index in [4.69, 9.17) is 23.2 Å². The summed E-state index contributed by atoms with van der Waals surface area (Å²) in [5.41, 5.74) is 0.958. The Morgan fingerprint density at radius 3 is 2.36 bits per heavy atom. The van der Waals surface area contributed by atoms with Crippen molar-refractivity contribution in [3.8, 4) is 0 Å². The Hall–Kier alpha value is -1.82. The Morgan fingerprint density at radius 1 is 1.04 bits per heavy atom. The summed E-state index contributed by atoms with van der Waals surface area (Å²) in [6, 6.07) is 10.1. The molecule has 0 saturated heterocycles. The maximum absolute atomic E-state index is 13.2. The van der Waals surface area contributed by atoms with Crippen LogP contribution in [0.2, 0.25) is 10.0 Å². The van der Waals surface area contributed by atoms with Crippen molar-refractivity contribution in [3.05, 3.63) is 68.8 Å². The second-order valence-electron chi connectivity index (χ2n) is 5.19. The number of rotatable bonds is 4. The molecule has 0 saturated carbocycles. The highest BCUT2D eigenvalue weighted by molar-refractivity contribution is 8.04. The summed E-state index contributed by atoms with van der Waals surface area (Å²) in [6.07, 6.45) is 0. The largest absolute Gasteiger partial charge is 0.272 e. The van der Waals surface area contributed by atoms with Crippen LogP contribution < -0.4 is 4.90 Å². The number of hydrogen-bond donors (Lipinski definition) is 0. The van der Waals surface area contributed by atoms with Crippen molar-refractivity contribution in [1.82, 2.24) is 0 Å². The van der Waals surface area contributed by atoms with Gasteiger partial charge in [-0.15, -0.1) is 11.8 Å². The van der Waals surface area contributed by atoms with E-state index in [2.05, 4.69) is 0 Å². The lowest BCUT2D eigenvalue weighted by molar-refractivity contribution is -0.119. The van der Waals surface area contributed by atoms with Crippen LogP contribution in [-0.4, -0.2) is 17.6 Å². The fourth-order valence-electron chi connectivity index (χ4n) is 2.53. The van der Waals surface area contributed by atoms with Crippen LogP contribution in [0.25, 0.3) is 5.57 Å². The van der Waals surface area contributed by atoms with Crippen LogP contribution in [-0.2, 0) is 9.59 Å². The maximum atomic E-state index is 13.2. The van der Waals surface area contributed by atoms with Gasteiger partial charge in [0.2, 0.25) is 0 Å². The van der Waals surface area contributed by atoms with E-state index in [0.29, 0.717) is 21.2 Å². The van der Waals surface area contributed by atoms with Crippen molar-refractivity contribution in [2.75, 3.05) is 10.7 Å². The minimum Gasteiger partial charge on any atom is -0.268 e. The molecule has 2 amide bonds. The second-order valence-corrected chi connectivity index (χ2v) is 7.30. The maximum Gasteiger partial charge on any atom is 0.272 e. The molecular weight excluding hydrogens is 384 g/mol. The number of carbonyl (C=O) groups is 2. The molecule has 2 aromatic carbocycles. The van der Waals surface area contributed by atoms with Crippen LogP contribution in [0.3, 0.4) is 0 Å². The van der Waals surface area contributed by atoms with E-state index in [9.17, 15) is 14.0 Å². The topological polar surface area (TPSA) is 37.4 Å². The Bertz CT molecular complexity index is 896. The van der Waals surface area contributed by atoms with Gasteiger partial charge >= 0.3 is 0 Å². The van der Waals surface area contributed by atoms with Crippen LogP contribution in [0.1, 0.15) is 12.5 Å². The molecule has 2 aromatic rings. The first-order valence-electron chi connectivity index (χ1n) is 7.41. The highest BCUT2D eigenvalue weighted by atomic mass is 35.5. The third kappa shape index (κ3) is 3.32. The van der Waals surface area contributed by atoms with Gasteiger partial charge in [0.05, 0.1) is 21.2 Å². The fraction of sp³-hybridized carbons (Fsp3) is 0.111. The van der Waals surface area contributed by atoms with Gasteiger partial charge in [-0.3, -0.25) is 9.59 Å². The Labute approximate surface area is 158 Å². The number of amides is 2. The predicted octanol–water partition coefficient (Wildman–Crippen LogP) is 5.17. The highest BCUT2D eigenvalue weighted by Gasteiger charge is 2.40. The molecule has 1 aliphatic heterocycles. The monoisotopic (exact) mass is 395 g/mol. The normalized spacial score (nSPS) is 14.6. The van der Waals surface area contributed by atoms with E-state index in [0.717, 1.165) is 4.90 Å². The highest BCUT2D eigenvalue weighted by Crippen LogP contribution is 2.41. The van der Waals surface area contributed by atoms with Gasteiger partial charge in [-0.1, -0.05) is 42.3 Å². The molecule has 0 atom stereocenters. The van der Waals surface area contributed by atoms with E-state index < -0.39 is 17.6 Å². The summed E-state index contributed by atoms with van der Waals surface area (Å²) < 4.78 is 13.2. The number of carbonyl (C=O) groups excluding carboxylic acids is 2. The number of nitrogens with zero attached hydrogens (tertiary/aromatic N) is 1. The van der Waals surface area contributed by atoms with Gasteiger partial charge in [-0.05, 0) is 41.6 Å². The molecule has 0 aromatic heterocycles. The summed E-state index contributed by atoms with van der Waals surface area (Å²) in [4.78, 5) is 27.2. The summed E-state index contributed by atoms with van der Waals surface area (Å²) in [5, 5.41) is 0.604. The molecule has 0 N–H and O–H groups in total. The van der Waals surface area contributed by atoms with Gasteiger partial charge in [0.25, 0.3) is 11.8 Å². The van der Waals surface area contributed by atoms with Gasteiger partial charge in [-0.25, -0.2) is 9.29 Å². The van der Waals surface area contributed by atoms with Crippen molar-refractivity contribution in [1.29, 1.82) is 0 Å². The molecule has 0 unspecified atom stereocenters. The smallest absolute Gasteiger partial charge is 0.268 e. The second kappa shape index (κ2) is 7.20. The number of hydrogen-bond acceptors (Lipinski definition) is 3. The molecule has 0 spiro atoms. The summed E-state index contributed by atoms with van der Waals surface area (Å²) in [6.45, 7) is 1.88. The zero-order valence-corrected chi connectivity index (χ0v) is 15.4. The van der Waals surface area contributed by atoms with Crippen LogP contribution >= 0.6 is 35.0 Å². The molecule has 7 heteroatoms. The van der Waals surface area contributed by atoms with Crippen molar-refractivity contribution >= 4 is 58.0 Å². The molecule has 0 bridgehead atoms. The number of benzene rings is 2. The molecular formula is C18H12Cl2FNO2S. The zero-order valence-electron chi connectivity index (χ0n) is 13.1. The molecule has 25 heavy (non-hydrogen) atoms. The molecule has 3 nitrogen and oxygen atoms in total. The van der Waals surface area contributed by atoms with E-state index >= 15 is 0 Å². The first-order chi connectivity index (χ1) is 11.9. The lowest BCUT2D eigenvalue weighted by Crippen LogP contribution is -2.31. The van der Waals surface area contributed by atoms with Gasteiger partial charge in [0, 0.05) is 5.02 Å². The van der Waals surface area contributed by atoms with Gasteiger partial charge in [-0.2, -0.15) is 0 Å². The minimum atomic E-state index is -0.503. The predicted molar refractivity (Wildman–Crippen MR) is 100 cm³/mol. The summed E-state index contributed by atoms with van der Waals surface area (Å²) >= 11 is 13.4. The van der Waals surface area contributed by atoms with E-state index in [1.54, 1.807) is 6.07 Å². The van der Waals surface area contributed by atoms with Gasteiger partial charge < -0.3 is 0 Å². The minimum absolute atomic E-state index is 0.232. The third-order valence-corrected chi connectivity index (χ3v) is 5.12. The number of anilines is 1. The number of imide groups is 1. The van der Waals surface area contributed by atoms with Crippen molar-refractivity contribution in [2.45, 2.75) is 6.92 Å². The Kier molecular flexibility index (Phi) is 5.18. The van der Waals surface area contributed by atoms with E-state index in [1.807, 2.05) is 6.92 Å². The first kappa shape index (κ1) is 18.0. The lowest BCUT2D eigenvalue weighted by atomic mass is 10.1. The number of thioether (sulfide) groups is 1. The summed E-state index contributed by atoms with van der Waals surface area (Å²) in [5.74, 6) is -0.770. The first-order valence-corrected chi connectivity index (χ1v) is 9.15. The van der Waals surface area contributed by atoms with Gasteiger partial charge in [0.15, 0.2) is 0 Å². The average Bonchev–Trinajstić information content (AvgIpc) is 2.82. The van der Waals surface area contributed by atoms with Crippen molar-refractivity contribution in [2.24, 2.45) is 0 Å². The Balaban J connectivity index is 2.13. The fourth-order valence-corrected chi connectivity index (χ4v) is 3.76. The molecule has 0 aliphatic carbocycles. The Morgan fingerprint density at radius 2 is 1.72 bits per heavy atom. The molecule has 0 radical (unpaired) electrons. The van der Waals surface area contributed by atoms with Crippen LogP contribution in [0.15, 0.2) is 47.4 Å². The van der Waals surface area contributed by atoms with Crippen molar-refractivity contribution in [3.63, 3.8) is 0 Å². The van der Waals surface area contributed by atoms with Crippen LogP contribution in [0.4, 0.5) is 10.1 Å². The third-order valence-electron chi connectivity index (χ3n) is 3.61. The molecule has 1 heterocycles. The molecule has 128 valence electrons. The van der Waals surface area contributed by atoms with E-state index in [-0.39, 0.29) is 16.3 Å². The summed E-state index contributed by atoms with van der Waals surface area (Å²) in [7, 11) is 0. The van der Waals surface area contributed by atoms with Gasteiger partial charge in [0.1, 0.15) is 5.82 Å². The van der Waals surface area contributed by atoms with Crippen LogP contribution in [0, 0.1) is 5.82 Å². The van der Waals surface area contributed by atoms with Crippen LogP contribution in [0.5, 0.6) is 0 Å². The quantitative estimate of drug-likeness (QED) is 0.670. The SMILES string of the molecule is CCSC1=C(c2ccc(F)cc2)C(=O)N(c2cc(Cl)ccc2Cl)C1=O. The lowest BCUT2D eigenvalue weighted by Gasteiger charge is -2.17. The molecule has 3 rings (SSSR count). The van der Waals surface area contributed by atoms with E-state index in [1.165, 1.54) is 48.2 Å². The average molecular weight is 396 g/mol. The number of halogens is 3. The van der Waals surface area contributed by atoms with Crippen molar-refractivity contribution < 1.29 is 14.0 Å². The standard InChI is InChI=1S/C18H12Cl2FNO2S/c1-2-25-16-15(10-3-6-12(21)7-4-10)17(23)22(18(16)24)14-9-11(19)5-8-13(14)20/h3-9H,2H2,1H3. The zero-order chi connectivity index (χ0) is 18.1.